The number of carbonyl (C=O) groups is 2. The zero-order chi connectivity index (χ0) is 15.6. The molecule has 0 unspecified atom stereocenters. The third kappa shape index (κ3) is 3.05. The van der Waals surface area contributed by atoms with Crippen molar-refractivity contribution in [3.05, 3.63) is 34.3 Å². The number of esters is 1. The lowest BCUT2D eigenvalue weighted by atomic mass is 10.1. The van der Waals surface area contributed by atoms with Gasteiger partial charge in [-0.3, -0.25) is 4.79 Å². The van der Waals surface area contributed by atoms with Gasteiger partial charge in [-0.1, -0.05) is 11.6 Å². The van der Waals surface area contributed by atoms with Crippen LogP contribution >= 0.6 is 11.6 Å². The van der Waals surface area contributed by atoms with Gasteiger partial charge in [0.05, 0.1) is 26.2 Å². The standard InChI is InChI=1S/C14H12ClNO5/c1-20-13-10(14(19)21-2)5-7-3-9(15)4-8(6-11(17)18)12(7)16-13/h3-5H,6H2,1-2H3,(H,17,18). The van der Waals surface area contributed by atoms with Crippen LogP contribution in [0, 0.1) is 0 Å². The van der Waals surface area contributed by atoms with Crippen molar-refractivity contribution >= 4 is 34.4 Å². The van der Waals surface area contributed by atoms with Gasteiger partial charge in [0.25, 0.3) is 0 Å². The van der Waals surface area contributed by atoms with Gasteiger partial charge in [-0.05, 0) is 23.8 Å². The van der Waals surface area contributed by atoms with E-state index in [1.165, 1.54) is 26.4 Å². The number of halogens is 1. The quantitative estimate of drug-likeness (QED) is 0.872. The molecule has 2 aromatic rings. The first-order chi connectivity index (χ1) is 9.96. The van der Waals surface area contributed by atoms with E-state index >= 15 is 0 Å². The van der Waals surface area contributed by atoms with Gasteiger partial charge in [0.2, 0.25) is 5.88 Å². The van der Waals surface area contributed by atoms with Crippen LogP contribution in [0.15, 0.2) is 18.2 Å². The summed E-state index contributed by atoms with van der Waals surface area (Å²) >= 11 is 5.98. The van der Waals surface area contributed by atoms with Crippen molar-refractivity contribution < 1.29 is 24.2 Å². The molecule has 0 aliphatic heterocycles. The molecule has 1 aromatic carbocycles. The molecule has 0 aliphatic rings. The van der Waals surface area contributed by atoms with Crippen LogP contribution < -0.4 is 4.74 Å². The van der Waals surface area contributed by atoms with Crippen LogP contribution in [0.5, 0.6) is 5.88 Å². The van der Waals surface area contributed by atoms with Gasteiger partial charge in [-0.2, -0.15) is 0 Å². The van der Waals surface area contributed by atoms with Crippen LogP contribution in [0.25, 0.3) is 10.9 Å². The number of hydrogen-bond donors (Lipinski definition) is 1. The highest BCUT2D eigenvalue weighted by Crippen LogP contribution is 2.28. The molecular weight excluding hydrogens is 298 g/mol. The van der Waals surface area contributed by atoms with Gasteiger partial charge in [0, 0.05) is 10.4 Å². The van der Waals surface area contributed by atoms with E-state index < -0.39 is 11.9 Å². The minimum absolute atomic E-state index is 0.0725. The zero-order valence-electron chi connectivity index (χ0n) is 11.3. The van der Waals surface area contributed by atoms with E-state index in [-0.39, 0.29) is 17.9 Å². The molecule has 0 bridgehead atoms. The summed E-state index contributed by atoms with van der Waals surface area (Å²) in [5.74, 6) is -1.53. The maximum absolute atomic E-state index is 11.7. The molecule has 0 spiro atoms. The Hall–Kier alpha value is -2.34. The fourth-order valence-electron chi connectivity index (χ4n) is 2.01. The highest BCUT2D eigenvalue weighted by atomic mass is 35.5. The van der Waals surface area contributed by atoms with Crippen LogP contribution in [-0.4, -0.2) is 36.2 Å². The SMILES string of the molecule is COC(=O)c1cc2cc(Cl)cc(CC(=O)O)c2nc1OC. The number of aromatic nitrogens is 1. The number of methoxy groups -OCH3 is 2. The van der Waals surface area contributed by atoms with Gasteiger partial charge in [-0.25, -0.2) is 9.78 Å². The Morgan fingerprint density at radius 2 is 2.00 bits per heavy atom. The summed E-state index contributed by atoms with van der Waals surface area (Å²) in [6, 6.07) is 4.65. The first kappa shape index (κ1) is 15.1. The fourth-order valence-corrected chi connectivity index (χ4v) is 2.26. The molecule has 21 heavy (non-hydrogen) atoms. The van der Waals surface area contributed by atoms with E-state index in [0.717, 1.165) is 0 Å². The second kappa shape index (κ2) is 5.97. The Morgan fingerprint density at radius 1 is 1.29 bits per heavy atom. The Kier molecular flexibility index (Phi) is 4.28. The summed E-state index contributed by atoms with van der Waals surface area (Å²) in [5, 5.41) is 9.85. The van der Waals surface area contributed by atoms with E-state index in [9.17, 15) is 9.59 Å². The molecule has 7 heteroatoms. The maximum Gasteiger partial charge on any atom is 0.343 e. The number of ether oxygens (including phenoxy) is 2. The molecule has 0 saturated heterocycles. The van der Waals surface area contributed by atoms with Crippen molar-refractivity contribution in [3.63, 3.8) is 0 Å². The minimum atomic E-state index is -1.00. The van der Waals surface area contributed by atoms with E-state index in [2.05, 4.69) is 9.72 Å². The van der Waals surface area contributed by atoms with Crippen molar-refractivity contribution in [2.24, 2.45) is 0 Å². The van der Waals surface area contributed by atoms with Gasteiger partial charge < -0.3 is 14.6 Å². The number of benzene rings is 1. The Morgan fingerprint density at radius 3 is 2.57 bits per heavy atom. The summed E-state index contributed by atoms with van der Waals surface area (Å²) in [7, 11) is 2.62. The number of rotatable bonds is 4. The highest BCUT2D eigenvalue weighted by molar-refractivity contribution is 6.31. The summed E-state index contributed by atoms with van der Waals surface area (Å²) in [5.41, 5.74) is 1.02. The predicted octanol–water partition coefficient (Wildman–Crippen LogP) is 2.31. The van der Waals surface area contributed by atoms with Gasteiger partial charge in [-0.15, -0.1) is 0 Å². The van der Waals surface area contributed by atoms with Gasteiger partial charge in [0.1, 0.15) is 5.56 Å². The monoisotopic (exact) mass is 309 g/mol. The lowest BCUT2D eigenvalue weighted by Gasteiger charge is -2.10. The maximum atomic E-state index is 11.7. The molecule has 0 fully saturated rings. The molecule has 110 valence electrons. The molecule has 0 amide bonds. The number of nitrogens with zero attached hydrogens (tertiary/aromatic N) is 1. The smallest absolute Gasteiger partial charge is 0.343 e. The van der Waals surface area contributed by atoms with Crippen molar-refractivity contribution in [2.75, 3.05) is 14.2 Å². The Bertz CT molecular complexity index is 729. The average Bonchev–Trinajstić information content (AvgIpc) is 2.44. The lowest BCUT2D eigenvalue weighted by molar-refractivity contribution is -0.136. The minimum Gasteiger partial charge on any atom is -0.481 e. The van der Waals surface area contributed by atoms with Crippen LogP contribution in [0.2, 0.25) is 5.02 Å². The van der Waals surface area contributed by atoms with Crippen LogP contribution in [0.1, 0.15) is 15.9 Å². The van der Waals surface area contributed by atoms with Crippen molar-refractivity contribution in [3.8, 4) is 5.88 Å². The largest absolute Gasteiger partial charge is 0.481 e. The first-order valence-corrected chi connectivity index (χ1v) is 6.31. The molecule has 2 rings (SSSR count). The van der Waals surface area contributed by atoms with Crippen molar-refractivity contribution in [1.29, 1.82) is 0 Å². The number of aliphatic carboxylic acids is 1. The summed E-state index contributed by atoms with van der Waals surface area (Å²) in [4.78, 5) is 26.9. The van der Waals surface area contributed by atoms with E-state index in [0.29, 0.717) is 21.5 Å². The second-order valence-corrected chi connectivity index (χ2v) is 4.68. The fraction of sp³-hybridized carbons (Fsp3) is 0.214. The van der Waals surface area contributed by atoms with Gasteiger partial charge >= 0.3 is 11.9 Å². The summed E-state index contributed by atoms with van der Waals surface area (Å²) < 4.78 is 9.74. The molecule has 0 saturated carbocycles. The molecule has 0 atom stereocenters. The molecule has 1 heterocycles. The number of carboxylic acid groups (broad SMARTS) is 1. The molecular formula is C14H12ClNO5. The second-order valence-electron chi connectivity index (χ2n) is 4.24. The number of hydrogen-bond acceptors (Lipinski definition) is 5. The highest BCUT2D eigenvalue weighted by Gasteiger charge is 2.18. The average molecular weight is 310 g/mol. The zero-order valence-corrected chi connectivity index (χ0v) is 12.1. The third-order valence-electron chi connectivity index (χ3n) is 2.87. The molecule has 6 nitrogen and oxygen atoms in total. The van der Waals surface area contributed by atoms with Crippen molar-refractivity contribution in [2.45, 2.75) is 6.42 Å². The number of pyridine rings is 1. The van der Waals surface area contributed by atoms with Crippen molar-refractivity contribution in [1.82, 2.24) is 4.98 Å². The van der Waals surface area contributed by atoms with Crippen LogP contribution in [0.3, 0.4) is 0 Å². The van der Waals surface area contributed by atoms with E-state index in [4.69, 9.17) is 21.4 Å². The topological polar surface area (TPSA) is 85.7 Å². The normalized spacial score (nSPS) is 10.4. The Labute approximate surface area is 125 Å². The molecule has 1 aromatic heterocycles. The lowest BCUT2D eigenvalue weighted by Crippen LogP contribution is -2.07. The van der Waals surface area contributed by atoms with Crippen LogP contribution in [-0.2, 0) is 16.0 Å². The predicted molar refractivity (Wildman–Crippen MR) is 76.0 cm³/mol. The van der Waals surface area contributed by atoms with Crippen LogP contribution in [0.4, 0.5) is 0 Å². The van der Waals surface area contributed by atoms with E-state index in [1.54, 1.807) is 6.07 Å². The first-order valence-electron chi connectivity index (χ1n) is 5.93. The molecule has 1 N–H and O–H groups in total. The number of carboxylic acids is 1. The summed E-state index contributed by atoms with van der Waals surface area (Å²) in [6.45, 7) is 0. The summed E-state index contributed by atoms with van der Waals surface area (Å²) in [6.07, 6.45) is -0.231. The molecule has 0 radical (unpaired) electrons. The Balaban J connectivity index is 2.73. The number of fused-ring (bicyclic) bond motifs is 1. The number of carbonyl (C=O) groups excluding carboxylic acids is 1. The molecule has 0 aliphatic carbocycles. The van der Waals surface area contributed by atoms with Gasteiger partial charge in [0.15, 0.2) is 0 Å². The third-order valence-corrected chi connectivity index (χ3v) is 3.09. The van der Waals surface area contributed by atoms with E-state index in [1.807, 2.05) is 0 Å².